The monoisotopic (exact) mass is 497 g/mol. The van der Waals surface area contributed by atoms with Gasteiger partial charge in [-0.3, -0.25) is 9.59 Å². The topological polar surface area (TPSA) is 75.4 Å². The van der Waals surface area contributed by atoms with Gasteiger partial charge in [-0.15, -0.1) is 0 Å². The maximum Gasteiger partial charge on any atom is 0.275 e. The molecule has 8 heteroatoms. The molecule has 2 aromatic carbocycles. The summed E-state index contributed by atoms with van der Waals surface area (Å²) in [5.74, 6) is 0.835. The second-order valence-corrected chi connectivity index (χ2v) is 8.79. The number of primary amides is 1. The predicted octanol–water partition coefficient (Wildman–Crippen LogP) is 6.39. The molecule has 0 radical (unpaired) electrons. The molecular formula is C24H36ClN3O2S2. The number of amides is 2. The zero-order valence-corrected chi connectivity index (χ0v) is 21.7. The number of thiol groups is 2. The number of nitrogens with one attached hydrogen (secondary N) is 1. The number of nitrogens with two attached hydrogens (primary N) is 1. The van der Waals surface area contributed by atoms with E-state index in [4.69, 9.17) is 16.4 Å². The quantitative estimate of drug-likeness (QED) is 0.371. The van der Waals surface area contributed by atoms with E-state index < -0.39 is 5.24 Å². The molecule has 32 heavy (non-hydrogen) atoms. The van der Waals surface area contributed by atoms with Crippen LogP contribution in [0.2, 0.25) is 5.02 Å². The van der Waals surface area contributed by atoms with E-state index >= 15 is 0 Å². The van der Waals surface area contributed by atoms with Crippen LogP contribution in [0.3, 0.4) is 0 Å². The predicted molar refractivity (Wildman–Crippen MR) is 143 cm³/mol. The summed E-state index contributed by atoms with van der Waals surface area (Å²) in [5, 5.41) is 2.11. The van der Waals surface area contributed by atoms with Gasteiger partial charge in [0.05, 0.1) is 0 Å². The van der Waals surface area contributed by atoms with Crippen LogP contribution in [0, 0.1) is 0 Å². The lowest BCUT2D eigenvalue weighted by Crippen LogP contribution is -2.10. The van der Waals surface area contributed by atoms with Crippen molar-refractivity contribution in [3.63, 3.8) is 0 Å². The number of carbonyl (C=O) groups excluding carboxylic acids is 2. The Labute approximate surface area is 208 Å². The largest absolute Gasteiger partial charge is 0.361 e. The Morgan fingerprint density at radius 2 is 1.47 bits per heavy atom. The Kier molecular flexibility index (Phi) is 17.9. The smallest absolute Gasteiger partial charge is 0.275 e. The van der Waals surface area contributed by atoms with Crippen LogP contribution in [0.15, 0.2) is 54.6 Å². The van der Waals surface area contributed by atoms with E-state index in [0.29, 0.717) is 0 Å². The molecule has 3 N–H and O–H groups in total. The summed E-state index contributed by atoms with van der Waals surface area (Å²) in [6.07, 6.45) is 7.07. The Hall–Kier alpha value is -1.67. The molecule has 0 aliphatic heterocycles. The molecule has 2 amide bonds. The van der Waals surface area contributed by atoms with Crippen LogP contribution in [-0.2, 0) is 6.54 Å². The minimum atomic E-state index is -0.639. The second kappa shape index (κ2) is 18.9. The first-order chi connectivity index (χ1) is 15.1. The normalized spacial score (nSPS) is 12.7. The maximum absolute atomic E-state index is 9.57. The lowest BCUT2D eigenvalue weighted by Gasteiger charge is -2.22. The van der Waals surface area contributed by atoms with E-state index in [-0.39, 0.29) is 5.24 Å². The van der Waals surface area contributed by atoms with E-state index in [0.717, 1.165) is 17.5 Å². The summed E-state index contributed by atoms with van der Waals surface area (Å²) in [6, 6.07) is 18.7. The molecule has 1 saturated carbocycles. The van der Waals surface area contributed by atoms with E-state index in [9.17, 15) is 4.79 Å². The lowest BCUT2D eigenvalue weighted by molar-refractivity contribution is 0.262. The van der Waals surface area contributed by atoms with Gasteiger partial charge in [-0.25, -0.2) is 0 Å². The van der Waals surface area contributed by atoms with Gasteiger partial charge in [0, 0.05) is 18.6 Å². The summed E-state index contributed by atoms with van der Waals surface area (Å²) in [7, 11) is 5.76. The SMILES string of the molecule is CN(C)Cc1ccc(C2CCCCC2)cc1.CNC(=O)S.Clc1ccccc1.NC(=O)S. The minimum absolute atomic E-state index is 0.301. The van der Waals surface area contributed by atoms with Crippen LogP contribution in [-0.4, -0.2) is 36.5 Å². The van der Waals surface area contributed by atoms with Gasteiger partial charge >= 0.3 is 0 Å². The van der Waals surface area contributed by atoms with E-state index in [2.05, 4.69) is 79.6 Å². The van der Waals surface area contributed by atoms with Crippen molar-refractivity contribution in [2.45, 2.75) is 44.6 Å². The molecule has 1 aliphatic rings. The van der Waals surface area contributed by atoms with Crippen LogP contribution in [0.4, 0.5) is 9.59 Å². The molecule has 2 aromatic rings. The fourth-order valence-corrected chi connectivity index (χ4v) is 3.26. The average Bonchev–Trinajstić information content (AvgIpc) is 2.75. The molecule has 0 spiro atoms. The molecule has 1 fully saturated rings. The number of carbonyl (C=O) groups is 2. The molecular weight excluding hydrogens is 462 g/mol. The Morgan fingerprint density at radius 3 is 1.81 bits per heavy atom. The third-order valence-corrected chi connectivity index (χ3v) is 4.98. The Bertz CT molecular complexity index is 750. The first-order valence-corrected chi connectivity index (χ1v) is 11.8. The molecule has 0 aromatic heterocycles. The van der Waals surface area contributed by atoms with Crippen LogP contribution < -0.4 is 11.1 Å². The molecule has 0 unspecified atom stereocenters. The minimum Gasteiger partial charge on any atom is -0.361 e. The van der Waals surface area contributed by atoms with Crippen LogP contribution in [0.1, 0.15) is 49.1 Å². The molecule has 0 saturated heterocycles. The highest BCUT2D eigenvalue weighted by Crippen LogP contribution is 2.32. The molecule has 0 bridgehead atoms. The number of benzene rings is 2. The Balaban J connectivity index is 0.000000495. The molecule has 0 atom stereocenters. The lowest BCUT2D eigenvalue weighted by atomic mass is 9.84. The molecule has 178 valence electrons. The van der Waals surface area contributed by atoms with E-state index in [1.165, 1.54) is 44.7 Å². The molecule has 5 nitrogen and oxygen atoms in total. The van der Waals surface area contributed by atoms with Crippen LogP contribution in [0.5, 0.6) is 0 Å². The number of hydrogen-bond acceptors (Lipinski definition) is 3. The van der Waals surface area contributed by atoms with Gasteiger partial charge in [-0.1, -0.05) is 98.6 Å². The van der Waals surface area contributed by atoms with Crippen LogP contribution >= 0.6 is 36.9 Å². The summed E-state index contributed by atoms with van der Waals surface area (Å²) >= 11 is 12.0. The van der Waals surface area contributed by atoms with Gasteiger partial charge in [0.25, 0.3) is 10.5 Å². The summed E-state index contributed by atoms with van der Waals surface area (Å²) in [5.41, 5.74) is 7.31. The van der Waals surface area contributed by atoms with Crippen molar-refractivity contribution in [2.24, 2.45) is 5.73 Å². The highest BCUT2D eigenvalue weighted by molar-refractivity contribution is 7.96. The van der Waals surface area contributed by atoms with Crippen LogP contribution in [0.25, 0.3) is 0 Å². The van der Waals surface area contributed by atoms with Gasteiger partial charge in [-0.2, -0.15) is 0 Å². The zero-order chi connectivity index (χ0) is 24.4. The number of hydrogen-bond donors (Lipinski definition) is 4. The van der Waals surface area contributed by atoms with Gasteiger partial charge in [0.1, 0.15) is 0 Å². The highest BCUT2D eigenvalue weighted by Gasteiger charge is 2.14. The highest BCUT2D eigenvalue weighted by atomic mass is 35.5. The Morgan fingerprint density at radius 1 is 1.00 bits per heavy atom. The fraction of sp³-hybridized carbons (Fsp3) is 0.417. The van der Waals surface area contributed by atoms with E-state index in [1.807, 2.05) is 30.3 Å². The summed E-state index contributed by atoms with van der Waals surface area (Å²) in [4.78, 5) is 20.9. The maximum atomic E-state index is 9.57. The molecule has 3 rings (SSSR count). The molecule has 0 heterocycles. The van der Waals surface area contributed by atoms with Crippen molar-refractivity contribution < 1.29 is 9.59 Å². The van der Waals surface area contributed by atoms with Crippen molar-refractivity contribution in [3.8, 4) is 0 Å². The van der Waals surface area contributed by atoms with Crippen molar-refractivity contribution in [2.75, 3.05) is 21.1 Å². The van der Waals surface area contributed by atoms with E-state index in [1.54, 1.807) is 5.56 Å². The van der Waals surface area contributed by atoms with Crippen molar-refractivity contribution in [3.05, 3.63) is 70.7 Å². The van der Waals surface area contributed by atoms with Gasteiger partial charge in [0.2, 0.25) is 0 Å². The second-order valence-electron chi connectivity index (χ2n) is 7.50. The standard InChI is InChI=1S/C15H23N.C6H5Cl.C2H5NOS.CH3NOS/c1-16(2)12-13-8-10-15(11-9-13)14-6-4-3-5-7-14;7-6-4-2-1-3-5-6;1-3-2(4)5;2-1(3)4/h8-11,14H,3-7,12H2,1-2H3;1-5H;1H3,(H2,3,4,5);(H3,2,3,4). The average molecular weight is 498 g/mol. The first-order valence-electron chi connectivity index (χ1n) is 10.5. The van der Waals surface area contributed by atoms with Gasteiger partial charge in [0.15, 0.2) is 0 Å². The summed E-state index contributed by atoms with van der Waals surface area (Å²) < 4.78 is 0. The van der Waals surface area contributed by atoms with Crippen molar-refractivity contribution >= 4 is 47.3 Å². The zero-order valence-electron chi connectivity index (χ0n) is 19.1. The number of rotatable bonds is 3. The van der Waals surface area contributed by atoms with Gasteiger partial charge in [-0.05, 0) is 56.1 Å². The number of halogens is 1. The number of nitrogens with zero attached hydrogens (tertiary/aromatic N) is 1. The summed E-state index contributed by atoms with van der Waals surface area (Å²) in [6.45, 7) is 1.05. The van der Waals surface area contributed by atoms with Gasteiger partial charge < -0.3 is 16.0 Å². The fourth-order valence-electron chi connectivity index (χ4n) is 3.11. The van der Waals surface area contributed by atoms with Crippen molar-refractivity contribution in [1.29, 1.82) is 0 Å². The molecule has 1 aliphatic carbocycles. The first kappa shape index (κ1) is 30.3. The van der Waals surface area contributed by atoms with Crippen molar-refractivity contribution in [1.82, 2.24) is 10.2 Å². The third-order valence-electron chi connectivity index (χ3n) is 4.50. The third kappa shape index (κ3) is 18.0.